The molecule has 1 aliphatic heterocycles. The highest BCUT2D eigenvalue weighted by Gasteiger charge is 2.24. The van der Waals surface area contributed by atoms with Crippen LogP contribution in [0.15, 0.2) is 0 Å². The quantitative estimate of drug-likeness (QED) is 0.614. The van der Waals surface area contributed by atoms with Gasteiger partial charge in [-0.15, -0.1) is 12.4 Å². The number of amides is 1. The van der Waals surface area contributed by atoms with Gasteiger partial charge in [0.15, 0.2) is 0 Å². The number of halogens is 1. The van der Waals surface area contributed by atoms with Gasteiger partial charge < -0.3 is 16.0 Å². The average Bonchev–Trinajstić information content (AvgIpc) is 2.04. The van der Waals surface area contributed by atoms with Gasteiger partial charge in [0.25, 0.3) is 0 Å². The van der Waals surface area contributed by atoms with Gasteiger partial charge in [0.2, 0.25) is 5.91 Å². The highest BCUT2D eigenvalue weighted by molar-refractivity contribution is 5.85. The summed E-state index contributed by atoms with van der Waals surface area (Å²) in [6.45, 7) is 6.30. The maximum Gasteiger partial charge on any atom is 0.239 e. The summed E-state index contributed by atoms with van der Waals surface area (Å²) in [5.41, 5.74) is 5.52. The van der Waals surface area contributed by atoms with Crippen LogP contribution in [0.4, 0.5) is 0 Å². The molecule has 4 nitrogen and oxygen atoms in total. The van der Waals surface area contributed by atoms with E-state index in [4.69, 9.17) is 5.73 Å². The van der Waals surface area contributed by atoms with E-state index < -0.39 is 0 Å². The number of hydrogen-bond acceptors (Lipinski definition) is 3. The highest BCUT2D eigenvalue weighted by atomic mass is 35.5. The Bertz CT molecular complexity index is 175. The number of carbonyl (C=O) groups excluding carboxylic acids is 1. The van der Waals surface area contributed by atoms with Crippen LogP contribution in [0, 0.1) is 0 Å². The van der Waals surface area contributed by atoms with Gasteiger partial charge in [-0.2, -0.15) is 0 Å². The Kier molecular flexibility index (Phi) is 5.29. The third-order valence-electron chi connectivity index (χ3n) is 2.17. The molecule has 1 heterocycles. The predicted molar refractivity (Wildman–Crippen MR) is 54.9 cm³/mol. The summed E-state index contributed by atoms with van der Waals surface area (Å²) in [4.78, 5) is 13.3. The van der Waals surface area contributed by atoms with Crippen LogP contribution in [-0.4, -0.2) is 42.5 Å². The number of rotatable bonds is 1. The van der Waals surface area contributed by atoms with Crippen molar-refractivity contribution in [1.82, 2.24) is 10.2 Å². The van der Waals surface area contributed by atoms with Crippen molar-refractivity contribution in [3.05, 3.63) is 0 Å². The van der Waals surface area contributed by atoms with Crippen molar-refractivity contribution in [2.24, 2.45) is 5.73 Å². The molecule has 0 aromatic carbocycles. The fourth-order valence-corrected chi connectivity index (χ4v) is 1.43. The Balaban J connectivity index is 0.00000144. The van der Waals surface area contributed by atoms with E-state index in [2.05, 4.69) is 5.32 Å². The lowest BCUT2D eigenvalue weighted by Crippen LogP contribution is -2.55. The first-order valence-corrected chi connectivity index (χ1v) is 4.39. The first-order valence-electron chi connectivity index (χ1n) is 4.39. The molecular weight excluding hydrogens is 190 g/mol. The Hall–Kier alpha value is -0.320. The molecule has 0 bridgehead atoms. The van der Waals surface area contributed by atoms with Gasteiger partial charge in [0.1, 0.15) is 0 Å². The minimum absolute atomic E-state index is 0. The topological polar surface area (TPSA) is 58.4 Å². The molecule has 0 aromatic heterocycles. The summed E-state index contributed by atoms with van der Waals surface area (Å²) in [6.07, 6.45) is 0. The van der Waals surface area contributed by atoms with Crippen LogP contribution in [0.5, 0.6) is 0 Å². The van der Waals surface area contributed by atoms with Gasteiger partial charge in [-0.3, -0.25) is 4.79 Å². The van der Waals surface area contributed by atoms with Gasteiger partial charge in [-0.1, -0.05) is 0 Å². The molecule has 0 spiro atoms. The Labute approximate surface area is 85.3 Å². The maximum absolute atomic E-state index is 11.5. The first-order chi connectivity index (χ1) is 5.63. The third-order valence-corrected chi connectivity index (χ3v) is 2.17. The van der Waals surface area contributed by atoms with Crippen molar-refractivity contribution in [1.29, 1.82) is 0 Å². The normalized spacial score (nSPS) is 24.8. The second-order valence-electron chi connectivity index (χ2n) is 3.37. The van der Waals surface area contributed by atoms with Crippen LogP contribution in [0.1, 0.15) is 13.8 Å². The second kappa shape index (κ2) is 5.42. The van der Waals surface area contributed by atoms with Gasteiger partial charge in [-0.25, -0.2) is 0 Å². The van der Waals surface area contributed by atoms with E-state index in [1.807, 2.05) is 11.8 Å². The molecule has 0 aromatic rings. The van der Waals surface area contributed by atoms with Crippen molar-refractivity contribution >= 4 is 18.3 Å². The molecule has 13 heavy (non-hydrogen) atoms. The van der Waals surface area contributed by atoms with E-state index in [1.54, 1.807) is 6.92 Å². The summed E-state index contributed by atoms with van der Waals surface area (Å²) < 4.78 is 0. The molecule has 3 N–H and O–H groups in total. The zero-order chi connectivity index (χ0) is 9.14. The zero-order valence-corrected chi connectivity index (χ0v) is 8.93. The van der Waals surface area contributed by atoms with Crippen LogP contribution in [0.2, 0.25) is 0 Å². The van der Waals surface area contributed by atoms with Gasteiger partial charge in [0, 0.05) is 25.7 Å². The molecule has 1 aliphatic rings. The lowest BCUT2D eigenvalue weighted by atomic mass is 10.2. The molecule has 1 rings (SSSR count). The van der Waals surface area contributed by atoms with Crippen LogP contribution in [0.3, 0.4) is 0 Å². The molecule has 1 amide bonds. The monoisotopic (exact) mass is 207 g/mol. The van der Waals surface area contributed by atoms with Gasteiger partial charge in [-0.05, 0) is 13.8 Å². The molecule has 0 aliphatic carbocycles. The van der Waals surface area contributed by atoms with Crippen molar-refractivity contribution in [2.75, 3.05) is 19.6 Å². The van der Waals surface area contributed by atoms with Crippen LogP contribution >= 0.6 is 12.4 Å². The van der Waals surface area contributed by atoms with Crippen molar-refractivity contribution < 1.29 is 4.79 Å². The maximum atomic E-state index is 11.5. The Morgan fingerprint density at radius 1 is 1.69 bits per heavy atom. The lowest BCUT2D eigenvalue weighted by molar-refractivity contribution is -0.134. The van der Waals surface area contributed by atoms with Gasteiger partial charge in [0.05, 0.1) is 6.04 Å². The van der Waals surface area contributed by atoms with E-state index in [0.29, 0.717) is 0 Å². The number of hydrogen-bond donors (Lipinski definition) is 2. The smallest absolute Gasteiger partial charge is 0.239 e. The zero-order valence-electron chi connectivity index (χ0n) is 8.12. The minimum atomic E-state index is -0.370. The van der Waals surface area contributed by atoms with Crippen LogP contribution in [0.25, 0.3) is 0 Å². The van der Waals surface area contributed by atoms with E-state index in [0.717, 1.165) is 19.6 Å². The van der Waals surface area contributed by atoms with Crippen molar-refractivity contribution in [2.45, 2.75) is 25.9 Å². The standard InChI is InChI=1S/C8H17N3O.ClH/c1-6-5-10-3-4-11(6)8(12)7(2)9;/h6-7,10H,3-5,9H2,1-2H3;1H/t6-,7?;/m0./s1. The fraction of sp³-hybridized carbons (Fsp3) is 0.875. The molecule has 0 saturated carbocycles. The summed E-state index contributed by atoms with van der Waals surface area (Å²) in [5, 5.41) is 3.22. The minimum Gasteiger partial charge on any atom is -0.336 e. The third kappa shape index (κ3) is 3.14. The van der Waals surface area contributed by atoms with Crippen LogP contribution < -0.4 is 11.1 Å². The molecule has 2 atom stereocenters. The Morgan fingerprint density at radius 2 is 2.31 bits per heavy atom. The molecule has 1 unspecified atom stereocenters. The summed E-state index contributed by atoms with van der Waals surface area (Å²) >= 11 is 0. The van der Waals surface area contributed by atoms with E-state index in [1.165, 1.54) is 0 Å². The highest BCUT2D eigenvalue weighted by Crippen LogP contribution is 2.03. The molecular formula is C8H18ClN3O. The Morgan fingerprint density at radius 3 is 2.77 bits per heavy atom. The van der Waals surface area contributed by atoms with E-state index in [-0.39, 0.29) is 30.4 Å². The number of carbonyl (C=O) groups is 1. The molecule has 5 heteroatoms. The lowest BCUT2D eigenvalue weighted by Gasteiger charge is -2.34. The summed E-state index contributed by atoms with van der Waals surface area (Å²) in [5.74, 6) is 0.0593. The van der Waals surface area contributed by atoms with E-state index >= 15 is 0 Å². The average molecular weight is 208 g/mol. The first kappa shape index (κ1) is 12.7. The molecule has 78 valence electrons. The SMILES string of the molecule is CC(N)C(=O)N1CCNC[C@@H]1C.Cl. The molecule has 0 radical (unpaired) electrons. The van der Waals surface area contributed by atoms with Crippen molar-refractivity contribution in [3.63, 3.8) is 0 Å². The molecule has 1 saturated heterocycles. The number of piperazine rings is 1. The predicted octanol–water partition coefficient (Wildman–Crippen LogP) is -0.424. The summed E-state index contributed by atoms with van der Waals surface area (Å²) in [6, 6.07) is -0.0946. The van der Waals surface area contributed by atoms with Crippen LogP contribution in [-0.2, 0) is 4.79 Å². The summed E-state index contributed by atoms with van der Waals surface area (Å²) in [7, 11) is 0. The van der Waals surface area contributed by atoms with E-state index in [9.17, 15) is 4.79 Å². The second-order valence-corrected chi connectivity index (χ2v) is 3.37. The molecule has 1 fully saturated rings. The largest absolute Gasteiger partial charge is 0.336 e. The number of nitrogens with two attached hydrogens (primary N) is 1. The number of nitrogens with one attached hydrogen (secondary N) is 1. The fourth-order valence-electron chi connectivity index (χ4n) is 1.43. The number of nitrogens with zero attached hydrogens (tertiary/aromatic N) is 1. The van der Waals surface area contributed by atoms with Crippen molar-refractivity contribution in [3.8, 4) is 0 Å². The van der Waals surface area contributed by atoms with Gasteiger partial charge >= 0.3 is 0 Å².